The van der Waals surface area contributed by atoms with Gasteiger partial charge in [0.1, 0.15) is 11.6 Å². The molecule has 5 heteroatoms. The summed E-state index contributed by atoms with van der Waals surface area (Å²) < 4.78 is 7.55. The van der Waals surface area contributed by atoms with Crippen LogP contribution in [0.3, 0.4) is 0 Å². The Morgan fingerprint density at radius 1 is 1.35 bits per heavy atom. The van der Waals surface area contributed by atoms with Crippen LogP contribution in [0.1, 0.15) is 23.4 Å². The highest BCUT2D eigenvalue weighted by atomic mass is 35.5. The molecule has 2 rings (SSSR count). The quantitative estimate of drug-likeness (QED) is 0.891. The number of hydrogen-bond acceptors (Lipinski definition) is 3. The summed E-state index contributed by atoms with van der Waals surface area (Å²) in [5, 5.41) is 0. The second-order valence-electron chi connectivity index (χ2n) is 4.64. The van der Waals surface area contributed by atoms with Crippen molar-refractivity contribution < 1.29 is 4.74 Å². The molecule has 0 atom stereocenters. The Bertz CT molecular complexity index is 540. The van der Waals surface area contributed by atoms with E-state index in [1.54, 1.807) is 7.11 Å². The number of benzene rings is 1. The number of imidazole rings is 1. The number of nitrogens with zero attached hydrogens (tertiary/aromatic N) is 2. The highest BCUT2D eigenvalue weighted by Crippen LogP contribution is 2.22. The topological polar surface area (TPSA) is 53.1 Å². The molecule has 0 fully saturated rings. The summed E-state index contributed by atoms with van der Waals surface area (Å²) in [5.74, 6) is 1.93. The fraction of sp³-hybridized carbons (Fsp3) is 0.400. The van der Waals surface area contributed by atoms with Crippen molar-refractivity contribution in [1.82, 2.24) is 9.55 Å². The summed E-state index contributed by atoms with van der Waals surface area (Å²) in [6.07, 6.45) is 5.83. The zero-order valence-corrected chi connectivity index (χ0v) is 12.8. The maximum atomic E-state index is 5.56. The van der Waals surface area contributed by atoms with Crippen molar-refractivity contribution >= 4 is 12.4 Å². The Balaban J connectivity index is 0.00000200. The molecule has 0 radical (unpaired) electrons. The third-order valence-electron chi connectivity index (χ3n) is 3.28. The zero-order valence-electron chi connectivity index (χ0n) is 12.0. The fourth-order valence-electron chi connectivity index (χ4n) is 2.17. The van der Waals surface area contributed by atoms with Gasteiger partial charge in [-0.05, 0) is 37.9 Å². The second kappa shape index (κ2) is 7.92. The fourth-order valence-corrected chi connectivity index (χ4v) is 2.17. The van der Waals surface area contributed by atoms with E-state index in [1.165, 1.54) is 11.1 Å². The monoisotopic (exact) mass is 295 g/mol. The predicted molar refractivity (Wildman–Crippen MR) is 83.7 cm³/mol. The highest BCUT2D eigenvalue weighted by molar-refractivity contribution is 5.85. The summed E-state index contributed by atoms with van der Waals surface area (Å²) in [6, 6.07) is 6.35. The summed E-state index contributed by atoms with van der Waals surface area (Å²) in [5.41, 5.74) is 8.05. The predicted octanol–water partition coefficient (Wildman–Crippen LogP) is 2.56. The number of aromatic nitrogens is 2. The molecule has 2 aromatic rings. The molecule has 0 aliphatic carbocycles. The van der Waals surface area contributed by atoms with E-state index in [4.69, 9.17) is 10.5 Å². The minimum atomic E-state index is 0. The smallest absolute Gasteiger partial charge is 0.123 e. The standard InChI is InChI=1S/C15H21N3O.ClH/c1-12-17-8-9-18(12)11-14-10-13(4-3-7-16)5-6-15(14)19-2;/h5-6,8-10H,3-4,7,11,16H2,1-2H3;1H. The first-order valence-electron chi connectivity index (χ1n) is 6.58. The Morgan fingerprint density at radius 2 is 2.15 bits per heavy atom. The van der Waals surface area contributed by atoms with Crippen molar-refractivity contribution in [2.24, 2.45) is 5.73 Å². The molecule has 0 spiro atoms. The molecular weight excluding hydrogens is 274 g/mol. The first-order chi connectivity index (χ1) is 9.24. The Labute approximate surface area is 126 Å². The average Bonchev–Trinajstić information content (AvgIpc) is 2.82. The van der Waals surface area contributed by atoms with Gasteiger partial charge in [-0.1, -0.05) is 12.1 Å². The summed E-state index contributed by atoms with van der Waals surface area (Å²) >= 11 is 0. The van der Waals surface area contributed by atoms with Crippen molar-refractivity contribution in [1.29, 1.82) is 0 Å². The lowest BCUT2D eigenvalue weighted by molar-refractivity contribution is 0.408. The molecule has 0 bridgehead atoms. The van der Waals surface area contributed by atoms with E-state index in [-0.39, 0.29) is 12.4 Å². The molecule has 0 amide bonds. The van der Waals surface area contributed by atoms with Crippen LogP contribution < -0.4 is 10.5 Å². The summed E-state index contributed by atoms with van der Waals surface area (Å²) in [6.45, 7) is 3.51. The normalized spacial score (nSPS) is 10.2. The van der Waals surface area contributed by atoms with Gasteiger partial charge in [-0.2, -0.15) is 0 Å². The van der Waals surface area contributed by atoms with E-state index in [2.05, 4.69) is 21.7 Å². The maximum absolute atomic E-state index is 5.56. The zero-order chi connectivity index (χ0) is 13.7. The van der Waals surface area contributed by atoms with E-state index in [0.29, 0.717) is 0 Å². The van der Waals surface area contributed by atoms with Crippen molar-refractivity contribution in [3.63, 3.8) is 0 Å². The van der Waals surface area contributed by atoms with E-state index < -0.39 is 0 Å². The van der Waals surface area contributed by atoms with E-state index in [9.17, 15) is 0 Å². The van der Waals surface area contributed by atoms with Crippen LogP contribution in [0.25, 0.3) is 0 Å². The lowest BCUT2D eigenvalue weighted by Crippen LogP contribution is -2.05. The largest absolute Gasteiger partial charge is 0.496 e. The Hall–Kier alpha value is -1.52. The van der Waals surface area contributed by atoms with Crippen LogP contribution in [0.15, 0.2) is 30.6 Å². The van der Waals surface area contributed by atoms with Gasteiger partial charge in [0.25, 0.3) is 0 Å². The third kappa shape index (κ3) is 3.99. The lowest BCUT2D eigenvalue weighted by Gasteiger charge is -2.12. The number of hydrogen-bond donors (Lipinski definition) is 1. The van der Waals surface area contributed by atoms with Crippen LogP contribution in [-0.4, -0.2) is 23.2 Å². The molecule has 1 aromatic heterocycles. The van der Waals surface area contributed by atoms with Gasteiger partial charge < -0.3 is 15.0 Å². The lowest BCUT2D eigenvalue weighted by atomic mass is 10.1. The second-order valence-corrected chi connectivity index (χ2v) is 4.64. The molecule has 4 nitrogen and oxygen atoms in total. The van der Waals surface area contributed by atoms with Crippen molar-refractivity contribution in [2.75, 3.05) is 13.7 Å². The Kier molecular flexibility index (Phi) is 6.55. The number of methoxy groups -OCH3 is 1. The average molecular weight is 296 g/mol. The van der Waals surface area contributed by atoms with Gasteiger partial charge in [0.05, 0.1) is 13.7 Å². The number of halogens is 1. The van der Waals surface area contributed by atoms with Crippen LogP contribution in [0.5, 0.6) is 5.75 Å². The maximum Gasteiger partial charge on any atom is 0.123 e. The first kappa shape index (κ1) is 16.5. The third-order valence-corrected chi connectivity index (χ3v) is 3.28. The van der Waals surface area contributed by atoms with Crippen molar-refractivity contribution in [2.45, 2.75) is 26.3 Å². The molecule has 0 unspecified atom stereocenters. The highest BCUT2D eigenvalue weighted by Gasteiger charge is 2.07. The van der Waals surface area contributed by atoms with Crippen LogP contribution in [0.4, 0.5) is 0 Å². The molecule has 2 N–H and O–H groups in total. The molecule has 0 aliphatic rings. The van der Waals surface area contributed by atoms with Gasteiger partial charge in [-0.25, -0.2) is 4.98 Å². The van der Waals surface area contributed by atoms with Gasteiger partial charge in [0, 0.05) is 18.0 Å². The molecular formula is C15H22ClN3O. The van der Waals surface area contributed by atoms with Gasteiger partial charge >= 0.3 is 0 Å². The van der Waals surface area contributed by atoms with Crippen LogP contribution in [0.2, 0.25) is 0 Å². The molecule has 1 aromatic carbocycles. The summed E-state index contributed by atoms with van der Waals surface area (Å²) in [7, 11) is 1.71. The van der Waals surface area contributed by atoms with E-state index in [1.807, 2.05) is 25.4 Å². The minimum Gasteiger partial charge on any atom is -0.496 e. The van der Waals surface area contributed by atoms with Gasteiger partial charge in [0.15, 0.2) is 0 Å². The Morgan fingerprint density at radius 3 is 2.75 bits per heavy atom. The number of nitrogens with two attached hydrogens (primary N) is 1. The first-order valence-corrected chi connectivity index (χ1v) is 6.58. The molecule has 0 aliphatic heterocycles. The SMILES string of the molecule is COc1ccc(CCCN)cc1Cn1ccnc1C.Cl. The van der Waals surface area contributed by atoms with Crippen LogP contribution in [-0.2, 0) is 13.0 Å². The molecule has 0 saturated heterocycles. The van der Waals surface area contributed by atoms with Gasteiger partial charge in [0.2, 0.25) is 0 Å². The van der Waals surface area contributed by atoms with Gasteiger partial charge in [-0.15, -0.1) is 12.4 Å². The summed E-state index contributed by atoms with van der Waals surface area (Å²) in [4.78, 5) is 4.25. The molecule has 20 heavy (non-hydrogen) atoms. The number of aryl methyl sites for hydroxylation is 2. The number of ether oxygens (including phenoxy) is 1. The number of rotatable bonds is 6. The minimum absolute atomic E-state index is 0. The van der Waals surface area contributed by atoms with Crippen LogP contribution >= 0.6 is 12.4 Å². The van der Waals surface area contributed by atoms with Crippen molar-refractivity contribution in [3.8, 4) is 5.75 Å². The van der Waals surface area contributed by atoms with Gasteiger partial charge in [-0.3, -0.25) is 0 Å². The van der Waals surface area contributed by atoms with Crippen molar-refractivity contribution in [3.05, 3.63) is 47.5 Å². The van der Waals surface area contributed by atoms with Crippen LogP contribution in [0, 0.1) is 6.92 Å². The molecule has 0 saturated carbocycles. The van der Waals surface area contributed by atoms with E-state index in [0.717, 1.165) is 37.5 Å². The molecule has 1 heterocycles. The molecule has 110 valence electrons. The van der Waals surface area contributed by atoms with E-state index >= 15 is 0 Å².